The lowest BCUT2D eigenvalue weighted by atomic mass is 9.90. The van der Waals surface area contributed by atoms with E-state index in [-0.39, 0.29) is 17.5 Å². The summed E-state index contributed by atoms with van der Waals surface area (Å²) >= 11 is 3.39. The number of aliphatic hydroxyl groups is 1. The standard InChI is InChI=1S/C24H18BrF4N3O/c25-18-2-8-21-15(12-18)9-10-31(21)14-23(33,24(27,28)29)17-1-7-22-16(11-17)13-30-32(22)20-5-3-19(26)4-6-20/h1-13,15,21,33H,14H2. The lowest BCUT2D eigenvalue weighted by Crippen LogP contribution is -2.51. The molecule has 1 aliphatic carbocycles. The van der Waals surface area contributed by atoms with Crippen LogP contribution >= 0.6 is 15.9 Å². The van der Waals surface area contributed by atoms with Crippen LogP contribution in [0.15, 0.2) is 83.6 Å². The van der Waals surface area contributed by atoms with Gasteiger partial charge in [-0.2, -0.15) is 18.3 Å². The largest absolute Gasteiger partial charge is 0.423 e. The topological polar surface area (TPSA) is 41.3 Å². The van der Waals surface area contributed by atoms with Gasteiger partial charge in [-0.05, 0) is 48.2 Å². The summed E-state index contributed by atoms with van der Waals surface area (Å²) in [6.07, 6.45) is 5.48. The minimum absolute atomic E-state index is 0.0710. The van der Waals surface area contributed by atoms with Gasteiger partial charge in [0.2, 0.25) is 5.60 Å². The monoisotopic (exact) mass is 519 g/mol. The van der Waals surface area contributed by atoms with Gasteiger partial charge in [-0.1, -0.05) is 46.3 Å². The molecule has 2 heterocycles. The highest BCUT2D eigenvalue weighted by Gasteiger charge is 2.56. The van der Waals surface area contributed by atoms with Gasteiger partial charge < -0.3 is 10.0 Å². The van der Waals surface area contributed by atoms with E-state index < -0.39 is 24.1 Å². The molecule has 0 saturated carbocycles. The Morgan fingerprint density at radius 1 is 1.06 bits per heavy atom. The molecule has 9 heteroatoms. The summed E-state index contributed by atoms with van der Waals surface area (Å²) in [6, 6.07) is 9.38. The van der Waals surface area contributed by atoms with Crippen LogP contribution in [0.5, 0.6) is 0 Å². The first kappa shape index (κ1) is 21.9. The Kier molecular flexibility index (Phi) is 5.21. The molecule has 3 unspecified atom stereocenters. The molecule has 3 aromatic rings. The summed E-state index contributed by atoms with van der Waals surface area (Å²) in [6.45, 7) is -0.651. The van der Waals surface area contributed by atoms with Crippen molar-refractivity contribution in [3.8, 4) is 5.69 Å². The van der Waals surface area contributed by atoms with Crippen LogP contribution in [0.3, 0.4) is 0 Å². The maximum atomic E-state index is 14.2. The van der Waals surface area contributed by atoms with Gasteiger partial charge in [0.15, 0.2) is 0 Å². The van der Waals surface area contributed by atoms with Gasteiger partial charge in [-0.15, -0.1) is 0 Å². The molecule has 0 spiro atoms. The van der Waals surface area contributed by atoms with Crippen molar-refractivity contribution in [3.63, 3.8) is 0 Å². The molecule has 2 aromatic carbocycles. The smallest absolute Gasteiger partial charge is 0.375 e. The molecule has 3 atom stereocenters. The predicted molar refractivity (Wildman–Crippen MR) is 120 cm³/mol. The molecule has 170 valence electrons. The molecule has 4 nitrogen and oxygen atoms in total. The molecule has 0 radical (unpaired) electrons. The zero-order valence-corrected chi connectivity index (χ0v) is 18.6. The van der Waals surface area contributed by atoms with Crippen LogP contribution in [0.1, 0.15) is 5.56 Å². The van der Waals surface area contributed by atoms with Gasteiger partial charge in [0.25, 0.3) is 0 Å². The molecule has 0 saturated heterocycles. The second-order valence-corrected chi connectivity index (χ2v) is 9.07. The van der Waals surface area contributed by atoms with E-state index in [0.717, 1.165) is 4.48 Å². The number of β-amino-alcohol motifs (C(OH)–C–C–N with tert-alkyl or cyclic N) is 1. The Balaban J connectivity index is 1.50. The number of halogens is 5. The van der Waals surface area contributed by atoms with Crippen LogP contribution in [0, 0.1) is 11.7 Å². The Morgan fingerprint density at radius 2 is 1.82 bits per heavy atom. The second-order valence-electron chi connectivity index (χ2n) is 8.16. The number of benzene rings is 2. The molecule has 1 aromatic heterocycles. The first-order valence-electron chi connectivity index (χ1n) is 10.2. The zero-order chi connectivity index (χ0) is 23.4. The highest BCUT2D eigenvalue weighted by molar-refractivity contribution is 9.11. The summed E-state index contributed by atoms with van der Waals surface area (Å²) < 4.78 is 58.4. The van der Waals surface area contributed by atoms with E-state index in [4.69, 9.17) is 0 Å². The molecule has 0 bridgehead atoms. The molecule has 33 heavy (non-hydrogen) atoms. The fourth-order valence-corrected chi connectivity index (χ4v) is 4.77. The normalized spacial score (nSPS) is 21.9. The average Bonchev–Trinajstić information content (AvgIpc) is 3.37. The van der Waals surface area contributed by atoms with Gasteiger partial charge in [0.05, 0.1) is 30.0 Å². The van der Waals surface area contributed by atoms with E-state index in [9.17, 15) is 22.7 Å². The highest BCUT2D eigenvalue weighted by atomic mass is 79.9. The first-order valence-corrected chi connectivity index (χ1v) is 11.0. The minimum atomic E-state index is -4.91. The fraction of sp³-hybridized carbons (Fsp3) is 0.208. The summed E-state index contributed by atoms with van der Waals surface area (Å²) in [5.41, 5.74) is -2.25. The summed E-state index contributed by atoms with van der Waals surface area (Å²) in [5, 5.41) is 15.7. The van der Waals surface area contributed by atoms with Crippen molar-refractivity contribution in [3.05, 3.63) is 95.0 Å². The molecule has 0 fully saturated rings. The van der Waals surface area contributed by atoms with Crippen LogP contribution in [0.2, 0.25) is 0 Å². The highest BCUT2D eigenvalue weighted by Crippen LogP contribution is 2.43. The van der Waals surface area contributed by atoms with E-state index >= 15 is 0 Å². The third kappa shape index (κ3) is 3.79. The minimum Gasteiger partial charge on any atom is -0.375 e. The molecule has 1 aliphatic heterocycles. The van der Waals surface area contributed by atoms with Crippen LogP contribution in [-0.4, -0.2) is 38.5 Å². The van der Waals surface area contributed by atoms with Crippen LogP contribution < -0.4 is 0 Å². The maximum absolute atomic E-state index is 14.2. The number of alkyl halides is 3. The Hall–Kier alpha value is -2.91. The van der Waals surface area contributed by atoms with Crippen LogP contribution in [0.4, 0.5) is 17.6 Å². The summed E-state index contributed by atoms with van der Waals surface area (Å²) in [7, 11) is 0. The quantitative estimate of drug-likeness (QED) is 0.457. The van der Waals surface area contributed by atoms with E-state index in [1.165, 1.54) is 58.2 Å². The molecule has 1 N–H and O–H groups in total. The number of hydrogen-bond donors (Lipinski definition) is 1. The fourth-order valence-electron chi connectivity index (χ4n) is 4.31. The SMILES string of the molecule is OC(CN1C=CC2C=C(Br)C=CC21)(c1ccc2c(cnn2-c2ccc(F)cc2)c1)C(F)(F)F. The zero-order valence-electron chi connectivity index (χ0n) is 17.0. The van der Waals surface area contributed by atoms with E-state index in [1.54, 1.807) is 12.3 Å². The maximum Gasteiger partial charge on any atom is 0.423 e. The van der Waals surface area contributed by atoms with Gasteiger partial charge in [-0.25, -0.2) is 9.07 Å². The van der Waals surface area contributed by atoms with E-state index in [2.05, 4.69) is 21.0 Å². The van der Waals surface area contributed by atoms with Crippen molar-refractivity contribution in [1.82, 2.24) is 14.7 Å². The number of allylic oxidation sites excluding steroid dienone is 2. The van der Waals surface area contributed by atoms with E-state index in [0.29, 0.717) is 16.6 Å². The van der Waals surface area contributed by atoms with Crippen molar-refractivity contribution < 1.29 is 22.7 Å². The number of nitrogens with zero attached hydrogens (tertiary/aromatic N) is 3. The predicted octanol–water partition coefficient (Wildman–Crippen LogP) is 5.58. The van der Waals surface area contributed by atoms with Crippen molar-refractivity contribution in [2.75, 3.05) is 6.54 Å². The lowest BCUT2D eigenvalue weighted by molar-refractivity contribution is -0.270. The van der Waals surface area contributed by atoms with Crippen molar-refractivity contribution >= 4 is 26.8 Å². The first-order chi connectivity index (χ1) is 15.7. The molecule has 0 amide bonds. The van der Waals surface area contributed by atoms with E-state index in [1.807, 2.05) is 18.2 Å². The number of hydrogen-bond acceptors (Lipinski definition) is 3. The van der Waals surface area contributed by atoms with Gasteiger partial charge >= 0.3 is 6.18 Å². The van der Waals surface area contributed by atoms with Crippen LogP contribution in [0.25, 0.3) is 16.6 Å². The average molecular weight is 520 g/mol. The number of rotatable bonds is 4. The van der Waals surface area contributed by atoms with Gasteiger partial charge in [-0.3, -0.25) is 0 Å². The van der Waals surface area contributed by atoms with Gasteiger partial charge in [0, 0.05) is 15.8 Å². The third-order valence-corrected chi connectivity index (χ3v) is 6.61. The Labute approximate surface area is 195 Å². The lowest BCUT2D eigenvalue weighted by Gasteiger charge is -2.38. The Morgan fingerprint density at radius 3 is 2.55 bits per heavy atom. The summed E-state index contributed by atoms with van der Waals surface area (Å²) in [4.78, 5) is 1.51. The summed E-state index contributed by atoms with van der Waals surface area (Å²) in [5.74, 6) is -0.472. The van der Waals surface area contributed by atoms with Gasteiger partial charge in [0.1, 0.15) is 5.82 Å². The van der Waals surface area contributed by atoms with Crippen molar-refractivity contribution in [2.24, 2.45) is 5.92 Å². The van der Waals surface area contributed by atoms with Crippen molar-refractivity contribution in [2.45, 2.75) is 17.8 Å². The van der Waals surface area contributed by atoms with Crippen molar-refractivity contribution in [1.29, 1.82) is 0 Å². The molecule has 5 rings (SSSR count). The second kappa shape index (κ2) is 7.85. The Bertz CT molecular complexity index is 1300. The molecule has 2 aliphatic rings. The number of fused-ring (bicyclic) bond motifs is 2. The third-order valence-electron chi connectivity index (χ3n) is 6.08. The van der Waals surface area contributed by atoms with Crippen LogP contribution in [-0.2, 0) is 5.60 Å². The number of aromatic nitrogens is 2. The molecular weight excluding hydrogens is 502 g/mol. The molecular formula is C24H18BrF4N3O.